The number of nitrogens with one attached hydrogen (secondary N) is 1. The van der Waals surface area contributed by atoms with Crippen LogP contribution in [0.15, 0.2) is 24.3 Å². The van der Waals surface area contributed by atoms with Crippen molar-refractivity contribution in [2.24, 2.45) is 0 Å². The molecule has 2 heterocycles. The number of carbonyl (C=O) groups excluding carboxylic acids is 1. The molecule has 0 unspecified atom stereocenters. The molecule has 0 spiro atoms. The molecule has 1 N–H and O–H groups in total. The molecule has 6 nitrogen and oxygen atoms in total. The Hall–Kier alpha value is -1.96. The zero-order chi connectivity index (χ0) is 18.5. The monoisotopic (exact) mass is 375 g/mol. The maximum absolute atomic E-state index is 12.6. The number of hydrogen-bond donors (Lipinski definition) is 1. The van der Waals surface area contributed by atoms with E-state index in [-0.39, 0.29) is 11.9 Å². The molecule has 3 rings (SSSR count). The van der Waals surface area contributed by atoms with Gasteiger partial charge in [-0.15, -0.1) is 11.3 Å². The van der Waals surface area contributed by atoms with Gasteiger partial charge in [0.25, 0.3) is 5.91 Å². The normalized spacial score (nSPS) is 16.3. The van der Waals surface area contributed by atoms with Gasteiger partial charge in [-0.3, -0.25) is 9.69 Å². The molecule has 0 bridgehead atoms. The molecule has 1 amide bonds. The minimum Gasteiger partial charge on any atom is -0.497 e. The number of nitrogens with zero attached hydrogens (tertiary/aromatic N) is 2. The van der Waals surface area contributed by atoms with Crippen molar-refractivity contribution in [2.75, 3.05) is 40.0 Å². The maximum Gasteiger partial charge on any atom is 0.263 e. The van der Waals surface area contributed by atoms with Gasteiger partial charge in [-0.2, -0.15) is 0 Å². The van der Waals surface area contributed by atoms with E-state index in [0.29, 0.717) is 24.6 Å². The second-order valence-electron chi connectivity index (χ2n) is 6.29. The fraction of sp³-hybridized carbons (Fsp3) is 0.474. The van der Waals surface area contributed by atoms with Crippen LogP contribution in [0.3, 0.4) is 0 Å². The van der Waals surface area contributed by atoms with E-state index in [1.165, 1.54) is 11.3 Å². The number of carbonyl (C=O) groups is 1. The summed E-state index contributed by atoms with van der Waals surface area (Å²) in [6.45, 7) is 7.48. The van der Waals surface area contributed by atoms with Crippen molar-refractivity contribution in [3.8, 4) is 5.75 Å². The zero-order valence-electron chi connectivity index (χ0n) is 15.4. The van der Waals surface area contributed by atoms with Gasteiger partial charge in [0.05, 0.1) is 37.1 Å². The predicted molar refractivity (Wildman–Crippen MR) is 102 cm³/mol. The summed E-state index contributed by atoms with van der Waals surface area (Å²) in [5, 5.41) is 4.01. The minimum atomic E-state index is -0.0557. The highest BCUT2D eigenvalue weighted by molar-refractivity contribution is 7.13. The van der Waals surface area contributed by atoms with Gasteiger partial charge in [-0.1, -0.05) is 12.1 Å². The number of morpholine rings is 1. The number of hydrogen-bond acceptors (Lipinski definition) is 6. The molecule has 1 aliphatic heterocycles. The molecular formula is C19H25N3O3S. The van der Waals surface area contributed by atoms with E-state index in [4.69, 9.17) is 9.47 Å². The van der Waals surface area contributed by atoms with Crippen LogP contribution in [0.4, 0.5) is 0 Å². The number of ether oxygens (including phenoxy) is 2. The predicted octanol–water partition coefficient (Wildman–Crippen LogP) is 2.57. The lowest BCUT2D eigenvalue weighted by atomic mass is 10.0. The molecule has 0 saturated carbocycles. The molecule has 26 heavy (non-hydrogen) atoms. The summed E-state index contributed by atoms with van der Waals surface area (Å²) < 4.78 is 10.7. The summed E-state index contributed by atoms with van der Waals surface area (Å²) in [5.41, 5.74) is 1.95. The Kier molecular flexibility index (Phi) is 6.24. The van der Waals surface area contributed by atoms with Gasteiger partial charge in [0.1, 0.15) is 10.6 Å². The second kappa shape index (κ2) is 8.62. The number of amides is 1. The SMILES string of the molecule is COc1ccc([C@H](CNC(=O)c2sc(C)nc2C)N2CCOCC2)cc1. The Bertz CT molecular complexity index is 739. The standard InChI is InChI=1S/C19H25N3O3S/c1-13-18(26-14(2)21-13)19(23)20-12-17(22-8-10-25-11-9-22)15-4-6-16(24-3)7-5-15/h4-7,17H,8-12H2,1-3H3,(H,20,23)/t17-/m0/s1. The molecule has 1 saturated heterocycles. The third-order valence-electron chi connectivity index (χ3n) is 4.55. The van der Waals surface area contributed by atoms with E-state index in [2.05, 4.69) is 27.3 Å². The van der Waals surface area contributed by atoms with Gasteiger partial charge in [-0.05, 0) is 31.5 Å². The van der Waals surface area contributed by atoms with Crippen LogP contribution >= 0.6 is 11.3 Å². The van der Waals surface area contributed by atoms with Crippen LogP contribution in [0, 0.1) is 13.8 Å². The molecular weight excluding hydrogens is 350 g/mol. The van der Waals surface area contributed by atoms with Crippen LogP contribution in [-0.4, -0.2) is 55.7 Å². The number of rotatable bonds is 6. The molecule has 1 aliphatic rings. The third kappa shape index (κ3) is 4.41. The smallest absolute Gasteiger partial charge is 0.263 e. The molecule has 1 fully saturated rings. The van der Waals surface area contributed by atoms with Gasteiger partial charge in [-0.25, -0.2) is 4.98 Å². The quantitative estimate of drug-likeness (QED) is 0.841. The lowest BCUT2D eigenvalue weighted by Gasteiger charge is -2.35. The summed E-state index contributed by atoms with van der Waals surface area (Å²) in [7, 11) is 1.66. The molecule has 0 radical (unpaired) electrons. The highest BCUT2D eigenvalue weighted by atomic mass is 32.1. The average molecular weight is 375 g/mol. The first-order chi connectivity index (χ1) is 12.6. The highest BCUT2D eigenvalue weighted by Gasteiger charge is 2.24. The summed E-state index contributed by atoms with van der Waals surface area (Å²) >= 11 is 1.44. The summed E-state index contributed by atoms with van der Waals surface area (Å²) in [6.07, 6.45) is 0. The fourth-order valence-corrected chi connectivity index (χ4v) is 4.02. The van der Waals surface area contributed by atoms with E-state index < -0.39 is 0 Å². The Morgan fingerprint density at radius 1 is 1.31 bits per heavy atom. The van der Waals surface area contributed by atoms with Crippen molar-refractivity contribution in [2.45, 2.75) is 19.9 Å². The van der Waals surface area contributed by atoms with Gasteiger partial charge in [0, 0.05) is 19.6 Å². The van der Waals surface area contributed by atoms with E-state index in [9.17, 15) is 4.79 Å². The van der Waals surface area contributed by atoms with Gasteiger partial charge >= 0.3 is 0 Å². The summed E-state index contributed by atoms with van der Waals surface area (Å²) in [6, 6.07) is 8.14. The molecule has 0 aliphatic carbocycles. The molecule has 2 aromatic rings. The molecule has 1 aromatic heterocycles. The van der Waals surface area contributed by atoms with Gasteiger partial charge in [0.15, 0.2) is 0 Å². The van der Waals surface area contributed by atoms with E-state index in [1.807, 2.05) is 26.0 Å². The Morgan fingerprint density at radius 2 is 2.00 bits per heavy atom. The number of aromatic nitrogens is 1. The molecule has 140 valence electrons. The van der Waals surface area contributed by atoms with E-state index >= 15 is 0 Å². The van der Waals surface area contributed by atoms with Crippen molar-refractivity contribution in [1.29, 1.82) is 0 Å². The number of thiazole rings is 1. The van der Waals surface area contributed by atoms with Gasteiger partial charge < -0.3 is 14.8 Å². The number of methoxy groups -OCH3 is 1. The number of aryl methyl sites for hydroxylation is 2. The number of benzene rings is 1. The molecule has 7 heteroatoms. The Morgan fingerprint density at radius 3 is 2.58 bits per heavy atom. The minimum absolute atomic E-state index is 0.0557. The lowest BCUT2D eigenvalue weighted by molar-refractivity contribution is 0.0162. The molecule has 1 aromatic carbocycles. The van der Waals surface area contributed by atoms with Crippen LogP contribution in [0.1, 0.15) is 32.0 Å². The van der Waals surface area contributed by atoms with Crippen LogP contribution in [-0.2, 0) is 4.74 Å². The van der Waals surface area contributed by atoms with Crippen molar-refractivity contribution in [3.05, 3.63) is 45.4 Å². The maximum atomic E-state index is 12.6. The van der Waals surface area contributed by atoms with Crippen LogP contribution in [0.25, 0.3) is 0 Å². The van der Waals surface area contributed by atoms with E-state index in [1.54, 1.807) is 7.11 Å². The first-order valence-electron chi connectivity index (χ1n) is 8.76. The highest BCUT2D eigenvalue weighted by Crippen LogP contribution is 2.24. The largest absolute Gasteiger partial charge is 0.497 e. The van der Waals surface area contributed by atoms with Gasteiger partial charge in [0.2, 0.25) is 0 Å². The Balaban J connectivity index is 1.74. The topological polar surface area (TPSA) is 63.7 Å². The summed E-state index contributed by atoms with van der Waals surface area (Å²) in [5.74, 6) is 0.772. The third-order valence-corrected chi connectivity index (χ3v) is 5.62. The van der Waals surface area contributed by atoms with Crippen LogP contribution in [0.5, 0.6) is 5.75 Å². The van der Waals surface area contributed by atoms with Crippen molar-refractivity contribution in [1.82, 2.24) is 15.2 Å². The van der Waals surface area contributed by atoms with Crippen LogP contribution < -0.4 is 10.1 Å². The Labute approximate surface area is 158 Å². The van der Waals surface area contributed by atoms with E-state index in [0.717, 1.165) is 35.1 Å². The van der Waals surface area contributed by atoms with Crippen LogP contribution in [0.2, 0.25) is 0 Å². The zero-order valence-corrected chi connectivity index (χ0v) is 16.3. The first-order valence-corrected chi connectivity index (χ1v) is 9.58. The first kappa shape index (κ1) is 18.8. The average Bonchev–Trinajstić information content (AvgIpc) is 3.01. The van der Waals surface area contributed by atoms with Crippen molar-refractivity contribution in [3.63, 3.8) is 0 Å². The van der Waals surface area contributed by atoms with Crippen molar-refractivity contribution < 1.29 is 14.3 Å². The lowest BCUT2D eigenvalue weighted by Crippen LogP contribution is -2.43. The second-order valence-corrected chi connectivity index (χ2v) is 7.50. The van der Waals surface area contributed by atoms with Crippen molar-refractivity contribution >= 4 is 17.2 Å². The fourth-order valence-electron chi connectivity index (χ4n) is 3.18. The summed E-state index contributed by atoms with van der Waals surface area (Å²) in [4.78, 5) is 20.0. The molecule has 1 atom stereocenters.